The van der Waals surface area contributed by atoms with Crippen LogP contribution in [0.4, 0.5) is 14.5 Å². The fourth-order valence-corrected chi connectivity index (χ4v) is 6.31. The summed E-state index contributed by atoms with van der Waals surface area (Å²) in [5, 5.41) is 5.90. The van der Waals surface area contributed by atoms with E-state index in [0.29, 0.717) is 17.4 Å². The molecular weight excluding hydrogens is 536 g/mol. The first-order valence-electron chi connectivity index (χ1n) is 14.5. The molecule has 1 saturated carbocycles. The van der Waals surface area contributed by atoms with Gasteiger partial charge in [0, 0.05) is 44.2 Å². The molecule has 2 saturated heterocycles. The number of halogens is 2. The van der Waals surface area contributed by atoms with Crippen molar-refractivity contribution in [2.45, 2.75) is 57.3 Å². The Hall–Kier alpha value is -3.51. The molecule has 0 bridgehead atoms. The van der Waals surface area contributed by atoms with Crippen molar-refractivity contribution in [2.24, 2.45) is 0 Å². The number of esters is 1. The SMILES string of the molecule is CCOC(=O)c1cc(N2CCC(N3CCOCC3)CC2)c2c(C3CCC3)nn(-c3ccc4c(c3)OC(F)(F)O4)c2n1. The lowest BCUT2D eigenvalue weighted by Crippen LogP contribution is -2.49. The van der Waals surface area contributed by atoms with Crippen molar-refractivity contribution in [3.63, 3.8) is 0 Å². The first-order valence-corrected chi connectivity index (χ1v) is 14.5. The van der Waals surface area contributed by atoms with E-state index in [1.807, 2.05) is 6.07 Å². The third-order valence-electron chi connectivity index (χ3n) is 8.62. The number of rotatable bonds is 6. The van der Waals surface area contributed by atoms with E-state index in [1.54, 1.807) is 17.7 Å². The van der Waals surface area contributed by atoms with Gasteiger partial charge in [-0.1, -0.05) is 6.42 Å². The zero-order valence-electron chi connectivity index (χ0n) is 23.0. The molecule has 0 atom stereocenters. The van der Waals surface area contributed by atoms with Gasteiger partial charge in [0.15, 0.2) is 22.8 Å². The molecule has 218 valence electrons. The van der Waals surface area contributed by atoms with Crippen molar-refractivity contribution in [1.29, 1.82) is 0 Å². The summed E-state index contributed by atoms with van der Waals surface area (Å²) in [7, 11) is 0. The molecule has 0 N–H and O–H groups in total. The van der Waals surface area contributed by atoms with Crippen LogP contribution >= 0.6 is 0 Å². The van der Waals surface area contributed by atoms with E-state index >= 15 is 0 Å². The Morgan fingerprint density at radius 3 is 2.51 bits per heavy atom. The fraction of sp³-hybridized carbons (Fsp3) is 0.552. The first kappa shape index (κ1) is 26.4. The molecule has 10 nitrogen and oxygen atoms in total. The molecule has 41 heavy (non-hydrogen) atoms. The minimum atomic E-state index is -3.72. The number of aromatic nitrogens is 3. The number of carbonyl (C=O) groups is 1. The highest BCUT2D eigenvalue weighted by atomic mass is 19.3. The normalized spacial score (nSPS) is 21.3. The zero-order chi connectivity index (χ0) is 28.1. The highest BCUT2D eigenvalue weighted by Crippen LogP contribution is 2.45. The van der Waals surface area contributed by atoms with E-state index in [0.717, 1.165) is 88.3 Å². The Labute approximate surface area is 236 Å². The van der Waals surface area contributed by atoms with E-state index in [4.69, 9.17) is 24.3 Å². The van der Waals surface area contributed by atoms with Gasteiger partial charge < -0.3 is 23.8 Å². The lowest BCUT2D eigenvalue weighted by molar-refractivity contribution is -0.286. The molecule has 0 unspecified atom stereocenters. The Morgan fingerprint density at radius 1 is 1.05 bits per heavy atom. The Balaban J connectivity index is 1.32. The van der Waals surface area contributed by atoms with Crippen LogP contribution < -0.4 is 14.4 Å². The summed E-state index contributed by atoms with van der Waals surface area (Å²) >= 11 is 0. The Bertz CT molecular complexity index is 1460. The number of carbonyl (C=O) groups excluding carboxylic acids is 1. The van der Waals surface area contributed by atoms with Gasteiger partial charge in [0.1, 0.15) is 0 Å². The largest absolute Gasteiger partial charge is 0.586 e. The van der Waals surface area contributed by atoms with Crippen molar-refractivity contribution < 1.29 is 32.5 Å². The number of hydrogen-bond donors (Lipinski definition) is 0. The number of morpholine rings is 1. The van der Waals surface area contributed by atoms with Crippen molar-refractivity contribution >= 4 is 22.7 Å². The van der Waals surface area contributed by atoms with Gasteiger partial charge in [-0.25, -0.2) is 14.5 Å². The van der Waals surface area contributed by atoms with E-state index in [1.165, 1.54) is 12.1 Å². The highest BCUT2D eigenvalue weighted by molar-refractivity contribution is 5.99. The average molecular weight is 570 g/mol. The standard InChI is InChI=1S/C29H33F2N5O5/c1-2-39-28(37)21-17-22(35-10-8-19(9-11-35)34-12-14-38-15-13-34)25-26(18-4-3-5-18)33-36(27(25)32-21)20-6-7-23-24(16-20)41-29(30,31)40-23/h6-7,16-19H,2-5,8-15H2,1H3. The van der Waals surface area contributed by atoms with Crippen molar-refractivity contribution in [3.8, 4) is 17.2 Å². The zero-order valence-corrected chi connectivity index (χ0v) is 23.0. The van der Waals surface area contributed by atoms with Crippen LogP contribution in [-0.2, 0) is 9.47 Å². The van der Waals surface area contributed by atoms with E-state index < -0.39 is 12.3 Å². The van der Waals surface area contributed by atoms with Crippen LogP contribution in [0.25, 0.3) is 16.7 Å². The van der Waals surface area contributed by atoms with Gasteiger partial charge in [0.2, 0.25) is 0 Å². The third-order valence-corrected chi connectivity index (χ3v) is 8.62. The molecule has 2 aromatic heterocycles. The molecule has 4 aliphatic rings. The van der Waals surface area contributed by atoms with Crippen LogP contribution in [0, 0.1) is 0 Å². The Morgan fingerprint density at radius 2 is 1.80 bits per heavy atom. The molecule has 0 amide bonds. The second kappa shape index (κ2) is 10.4. The smallest absolute Gasteiger partial charge is 0.461 e. The maximum atomic E-state index is 13.8. The number of benzene rings is 1. The van der Waals surface area contributed by atoms with Crippen molar-refractivity contribution in [1.82, 2.24) is 19.7 Å². The summed E-state index contributed by atoms with van der Waals surface area (Å²) in [6, 6.07) is 6.89. The summed E-state index contributed by atoms with van der Waals surface area (Å²) in [5.41, 5.74) is 3.01. The number of ether oxygens (including phenoxy) is 4. The van der Waals surface area contributed by atoms with Crippen LogP contribution in [0.2, 0.25) is 0 Å². The number of nitrogens with zero attached hydrogens (tertiary/aromatic N) is 5. The van der Waals surface area contributed by atoms with Gasteiger partial charge in [-0.05, 0) is 50.8 Å². The number of fused-ring (bicyclic) bond motifs is 2. The molecule has 3 fully saturated rings. The third kappa shape index (κ3) is 4.86. The van der Waals surface area contributed by atoms with Gasteiger partial charge in [-0.2, -0.15) is 5.10 Å². The maximum Gasteiger partial charge on any atom is 0.586 e. The molecule has 5 heterocycles. The summed E-state index contributed by atoms with van der Waals surface area (Å²) in [6.45, 7) is 7.10. The van der Waals surface area contributed by atoms with E-state index in [2.05, 4.69) is 14.5 Å². The summed E-state index contributed by atoms with van der Waals surface area (Å²) in [5.74, 6) is -0.370. The molecule has 3 aliphatic heterocycles. The average Bonchev–Trinajstić information content (AvgIpc) is 3.48. The second-order valence-corrected chi connectivity index (χ2v) is 11.0. The van der Waals surface area contributed by atoms with E-state index in [9.17, 15) is 13.6 Å². The summed E-state index contributed by atoms with van der Waals surface area (Å²) in [4.78, 5) is 22.6. The lowest BCUT2D eigenvalue weighted by Gasteiger charge is -2.41. The number of pyridine rings is 1. The molecule has 1 aromatic carbocycles. The van der Waals surface area contributed by atoms with Crippen LogP contribution in [0.5, 0.6) is 11.5 Å². The van der Waals surface area contributed by atoms with Crippen molar-refractivity contribution in [2.75, 3.05) is 50.9 Å². The van der Waals surface area contributed by atoms with E-state index in [-0.39, 0.29) is 29.7 Å². The van der Waals surface area contributed by atoms with Crippen LogP contribution in [0.3, 0.4) is 0 Å². The number of piperidine rings is 1. The summed E-state index contributed by atoms with van der Waals surface area (Å²) < 4.78 is 49.4. The molecule has 12 heteroatoms. The molecule has 0 spiro atoms. The molecule has 3 aromatic rings. The van der Waals surface area contributed by atoms with Gasteiger partial charge in [0.05, 0.1) is 42.3 Å². The molecule has 0 radical (unpaired) electrons. The van der Waals surface area contributed by atoms with Crippen molar-refractivity contribution in [3.05, 3.63) is 35.7 Å². The monoisotopic (exact) mass is 569 g/mol. The predicted molar refractivity (Wildman–Crippen MR) is 145 cm³/mol. The van der Waals surface area contributed by atoms with Crippen LogP contribution in [0.1, 0.15) is 61.1 Å². The minimum absolute atomic E-state index is 0.0431. The minimum Gasteiger partial charge on any atom is -0.461 e. The number of hydrogen-bond acceptors (Lipinski definition) is 9. The molecule has 1 aliphatic carbocycles. The fourth-order valence-electron chi connectivity index (χ4n) is 6.31. The van der Waals surface area contributed by atoms with Crippen LogP contribution in [-0.4, -0.2) is 84.0 Å². The van der Waals surface area contributed by atoms with Gasteiger partial charge in [-0.3, -0.25) is 4.90 Å². The molecule has 7 rings (SSSR count). The van der Waals surface area contributed by atoms with Gasteiger partial charge in [0.25, 0.3) is 0 Å². The number of alkyl halides is 2. The predicted octanol–water partition coefficient (Wildman–Crippen LogP) is 4.49. The first-order chi connectivity index (χ1) is 19.9. The number of anilines is 1. The Kier molecular flexibility index (Phi) is 6.69. The molecular formula is C29H33F2N5O5. The second-order valence-electron chi connectivity index (χ2n) is 11.0. The topological polar surface area (TPSA) is 91.2 Å². The maximum absolute atomic E-state index is 13.8. The summed E-state index contributed by atoms with van der Waals surface area (Å²) in [6.07, 6.45) is 1.42. The van der Waals surface area contributed by atoms with Gasteiger partial charge in [-0.15, -0.1) is 8.78 Å². The highest BCUT2D eigenvalue weighted by Gasteiger charge is 2.43. The lowest BCUT2D eigenvalue weighted by atomic mass is 9.82. The van der Waals surface area contributed by atoms with Crippen LogP contribution in [0.15, 0.2) is 24.3 Å². The van der Waals surface area contributed by atoms with Gasteiger partial charge >= 0.3 is 12.3 Å². The quantitative estimate of drug-likeness (QED) is 0.399.